The Morgan fingerprint density at radius 1 is 1.23 bits per heavy atom. The first-order valence-electron chi connectivity index (χ1n) is 7.74. The molecule has 1 aromatic carbocycles. The Morgan fingerprint density at radius 3 is 2.58 bits per heavy atom. The minimum atomic E-state index is -4.48. The zero-order valence-corrected chi connectivity index (χ0v) is 14.1. The van der Waals surface area contributed by atoms with E-state index in [2.05, 4.69) is 4.98 Å². The number of hydrogen-bond acceptors (Lipinski definition) is 4. The van der Waals surface area contributed by atoms with Crippen molar-refractivity contribution in [2.24, 2.45) is 0 Å². The van der Waals surface area contributed by atoms with Gasteiger partial charge in [0.15, 0.2) is 0 Å². The zero-order chi connectivity index (χ0) is 19.1. The van der Waals surface area contributed by atoms with Gasteiger partial charge in [-0.05, 0) is 31.0 Å². The quantitative estimate of drug-likeness (QED) is 0.813. The van der Waals surface area contributed by atoms with E-state index in [0.717, 1.165) is 24.4 Å². The normalized spacial score (nSPS) is 17.5. The molecule has 1 aliphatic heterocycles. The lowest BCUT2D eigenvalue weighted by molar-refractivity contribution is -0.137. The van der Waals surface area contributed by atoms with Crippen molar-refractivity contribution in [3.8, 4) is 11.5 Å². The first-order chi connectivity index (χ1) is 12.2. The van der Waals surface area contributed by atoms with Crippen LogP contribution in [0.15, 0.2) is 30.5 Å². The van der Waals surface area contributed by atoms with Gasteiger partial charge in [0, 0.05) is 18.8 Å². The van der Waals surface area contributed by atoms with Gasteiger partial charge in [0.1, 0.15) is 11.5 Å². The standard InChI is InChI=1S/C17H14ClF3N2O3/c18-11-6-10(14(24)7-15(11)25)16(26)23-5-1-2-13(23)12-4-3-9(8-22-12)17(19,20)21/h3-4,6-8,13,24-25H,1-2,5H2/t13-/m1/s1. The highest BCUT2D eigenvalue weighted by Crippen LogP contribution is 2.37. The fourth-order valence-electron chi connectivity index (χ4n) is 2.96. The summed E-state index contributed by atoms with van der Waals surface area (Å²) in [5.74, 6) is -1.32. The van der Waals surface area contributed by atoms with Crippen LogP contribution in [0.1, 0.15) is 40.5 Å². The monoisotopic (exact) mass is 386 g/mol. The third-order valence-corrected chi connectivity index (χ3v) is 4.57. The largest absolute Gasteiger partial charge is 0.507 e. The Hall–Kier alpha value is -2.48. The molecule has 0 aliphatic carbocycles. The molecule has 1 fully saturated rings. The van der Waals surface area contributed by atoms with Crippen LogP contribution in [0.3, 0.4) is 0 Å². The predicted molar refractivity (Wildman–Crippen MR) is 87.0 cm³/mol. The molecule has 1 atom stereocenters. The fraction of sp³-hybridized carbons (Fsp3) is 0.294. The number of hydrogen-bond donors (Lipinski definition) is 2. The third kappa shape index (κ3) is 3.41. The summed E-state index contributed by atoms with van der Waals surface area (Å²) in [5.41, 5.74) is -0.611. The maximum Gasteiger partial charge on any atom is 0.417 e. The Balaban J connectivity index is 1.89. The SMILES string of the molecule is O=C(c1cc(Cl)c(O)cc1O)N1CCC[C@@H]1c1ccc(C(F)(F)F)cn1. The molecule has 0 bridgehead atoms. The van der Waals surface area contributed by atoms with Crippen LogP contribution in [0.4, 0.5) is 13.2 Å². The van der Waals surface area contributed by atoms with Gasteiger partial charge < -0.3 is 15.1 Å². The summed E-state index contributed by atoms with van der Waals surface area (Å²) in [6.07, 6.45) is -2.56. The van der Waals surface area contributed by atoms with Crippen LogP contribution in [-0.2, 0) is 6.18 Å². The molecule has 0 unspecified atom stereocenters. The molecule has 2 aromatic rings. The summed E-state index contributed by atoms with van der Waals surface area (Å²) in [7, 11) is 0. The molecule has 2 N–H and O–H groups in total. The van der Waals surface area contributed by atoms with Crippen molar-refractivity contribution < 1.29 is 28.2 Å². The number of phenols is 2. The topological polar surface area (TPSA) is 73.7 Å². The molecule has 26 heavy (non-hydrogen) atoms. The highest BCUT2D eigenvalue weighted by atomic mass is 35.5. The summed E-state index contributed by atoms with van der Waals surface area (Å²) >= 11 is 5.80. The van der Waals surface area contributed by atoms with Gasteiger partial charge in [0.2, 0.25) is 0 Å². The maximum absolute atomic E-state index is 12.8. The van der Waals surface area contributed by atoms with E-state index < -0.39 is 29.4 Å². The summed E-state index contributed by atoms with van der Waals surface area (Å²) in [6, 6.07) is 3.80. The van der Waals surface area contributed by atoms with Gasteiger partial charge in [-0.1, -0.05) is 11.6 Å². The van der Waals surface area contributed by atoms with Crippen molar-refractivity contribution >= 4 is 17.5 Å². The number of halogens is 4. The molecular formula is C17H14ClF3N2O3. The van der Waals surface area contributed by atoms with Crippen LogP contribution in [0.25, 0.3) is 0 Å². The van der Waals surface area contributed by atoms with Crippen molar-refractivity contribution in [2.45, 2.75) is 25.1 Å². The summed E-state index contributed by atoms with van der Waals surface area (Å²) in [4.78, 5) is 18.1. The highest BCUT2D eigenvalue weighted by molar-refractivity contribution is 6.32. The van der Waals surface area contributed by atoms with Crippen LogP contribution >= 0.6 is 11.6 Å². The molecule has 1 amide bonds. The minimum Gasteiger partial charge on any atom is -0.507 e. The fourth-order valence-corrected chi connectivity index (χ4v) is 3.13. The highest BCUT2D eigenvalue weighted by Gasteiger charge is 2.35. The van der Waals surface area contributed by atoms with Crippen LogP contribution in [0, 0.1) is 0 Å². The predicted octanol–water partition coefficient (Wildman–Crippen LogP) is 4.14. The third-order valence-electron chi connectivity index (χ3n) is 4.26. The van der Waals surface area contributed by atoms with E-state index >= 15 is 0 Å². The lowest BCUT2D eigenvalue weighted by Gasteiger charge is -2.25. The van der Waals surface area contributed by atoms with Gasteiger partial charge >= 0.3 is 6.18 Å². The van der Waals surface area contributed by atoms with E-state index in [-0.39, 0.29) is 16.3 Å². The number of alkyl halides is 3. The molecule has 1 saturated heterocycles. The molecule has 9 heteroatoms. The van der Waals surface area contributed by atoms with Crippen LogP contribution in [0.2, 0.25) is 5.02 Å². The second kappa shape index (κ2) is 6.68. The Bertz CT molecular complexity index is 840. The summed E-state index contributed by atoms with van der Waals surface area (Å²) in [5, 5.41) is 19.3. The molecule has 2 heterocycles. The molecule has 0 spiro atoms. The lowest BCUT2D eigenvalue weighted by Crippen LogP contribution is -2.31. The first kappa shape index (κ1) is 18.3. The Morgan fingerprint density at radius 2 is 1.96 bits per heavy atom. The number of aromatic nitrogens is 1. The number of carbonyl (C=O) groups is 1. The molecule has 5 nitrogen and oxygen atoms in total. The number of likely N-dealkylation sites (tertiary alicyclic amines) is 1. The lowest BCUT2D eigenvalue weighted by atomic mass is 10.1. The number of pyridine rings is 1. The minimum absolute atomic E-state index is 0.0884. The van der Waals surface area contributed by atoms with Gasteiger partial charge in [-0.25, -0.2) is 0 Å². The van der Waals surface area contributed by atoms with Crippen LogP contribution in [0.5, 0.6) is 11.5 Å². The van der Waals surface area contributed by atoms with Crippen molar-refractivity contribution in [2.75, 3.05) is 6.54 Å². The van der Waals surface area contributed by atoms with E-state index in [4.69, 9.17) is 11.6 Å². The number of benzene rings is 1. The molecule has 1 aromatic heterocycles. The smallest absolute Gasteiger partial charge is 0.417 e. The average molecular weight is 387 g/mol. The molecule has 3 rings (SSSR count). The molecule has 138 valence electrons. The molecular weight excluding hydrogens is 373 g/mol. The van der Waals surface area contributed by atoms with E-state index in [9.17, 15) is 28.2 Å². The summed E-state index contributed by atoms with van der Waals surface area (Å²) in [6.45, 7) is 0.365. The zero-order valence-electron chi connectivity index (χ0n) is 13.3. The van der Waals surface area contributed by atoms with Crippen molar-refractivity contribution in [1.82, 2.24) is 9.88 Å². The van der Waals surface area contributed by atoms with Crippen molar-refractivity contribution in [3.63, 3.8) is 0 Å². The number of amides is 1. The van der Waals surface area contributed by atoms with Gasteiger partial charge in [-0.2, -0.15) is 13.2 Å². The number of aromatic hydroxyl groups is 2. The van der Waals surface area contributed by atoms with Crippen molar-refractivity contribution in [3.05, 3.63) is 52.3 Å². The number of carbonyl (C=O) groups excluding carboxylic acids is 1. The molecule has 0 radical (unpaired) electrons. The van der Waals surface area contributed by atoms with E-state index in [1.54, 1.807) is 0 Å². The Labute approximate surface area is 151 Å². The number of phenolic OH excluding ortho intramolecular Hbond substituents is 2. The van der Waals surface area contributed by atoms with E-state index in [0.29, 0.717) is 25.1 Å². The first-order valence-corrected chi connectivity index (χ1v) is 8.12. The van der Waals surface area contributed by atoms with E-state index in [1.165, 1.54) is 11.0 Å². The average Bonchev–Trinajstić information content (AvgIpc) is 3.06. The van der Waals surface area contributed by atoms with Crippen LogP contribution < -0.4 is 0 Å². The number of rotatable bonds is 2. The van der Waals surface area contributed by atoms with Crippen molar-refractivity contribution in [1.29, 1.82) is 0 Å². The maximum atomic E-state index is 12.8. The second-order valence-corrected chi connectivity index (χ2v) is 6.35. The second-order valence-electron chi connectivity index (χ2n) is 5.95. The molecule has 0 saturated carbocycles. The Kier molecular flexibility index (Phi) is 4.70. The van der Waals surface area contributed by atoms with E-state index in [1.807, 2.05) is 0 Å². The molecule has 1 aliphatic rings. The van der Waals surface area contributed by atoms with Gasteiger partial charge in [0.25, 0.3) is 5.91 Å². The summed E-state index contributed by atoms with van der Waals surface area (Å²) < 4.78 is 38.0. The van der Waals surface area contributed by atoms with Gasteiger partial charge in [0.05, 0.1) is 27.9 Å². The van der Waals surface area contributed by atoms with Gasteiger partial charge in [-0.3, -0.25) is 9.78 Å². The number of nitrogens with zero attached hydrogens (tertiary/aromatic N) is 2. The van der Waals surface area contributed by atoms with Crippen LogP contribution in [-0.4, -0.2) is 32.5 Å². The van der Waals surface area contributed by atoms with Gasteiger partial charge in [-0.15, -0.1) is 0 Å².